The van der Waals surface area contributed by atoms with Crippen molar-refractivity contribution in [3.05, 3.63) is 65.2 Å². The molecule has 0 radical (unpaired) electrons. The maximum Gasteiger partial charge on any atom is 0.416 e. The second kappa shape index (κ2) is 7.92. The van der Waals surface area contributed by atoms with Crippen molar-refractivity contribution in [1.29, 1.82) is 0 Å². The maximum atomic E-state index is 13.3. The van der Waals surface area contributed by atoms with E-state index in [1.807, 2.05) is 0 Å². The zero-order valence-electron chi connectivity index (χ0n) is 14.9. The van der Waals surface area contributed by atoms with Crippen molar-refractivity contribution in [3.63, 3.8) is 0 Å². The first-order valence-corrected chi connectivity index (χ1v) is 8.73. The lowest BCUT2D eigenvalue weighted by Gasteiger charge is -2.24. The van der Waals surface area contributed by atoms with Gasteiger partial charge >= 0.3 is 6.18 Å². The zero-order chi connectivity index (χ0) is 20.3. The summed E-state index contributed by atoms with van der Waals surface area (Å²) < 4.78 is 45.1. The molecule has 1 fully saturated rings. The Bertz CT molecular complexity index is 879. The van der Waals surface area contributed by atoms with E-state index in [4.69, 9.17) is 10.5 Å². The van der Waals surface area contributed by atoms with Crippen LogP contribution in [0, 0.1) is 0 Å². The lowest BCUT2D eigenvalue weighted by atomic mass is 10.1. The molecule has 0 spiro atoms. The number of hydrogen-bond acceptors (Lipinski definition) is 3. The molecule has 2 aromatic carbocycles. The summed E-state index contributed by atoms with van der Waals surface area (Å²) in [5.74, 6) is -0.750. The molecule has 0 bridgehead atoms. The van der Waals surface area contributed by atoms with E-state index >= 15 is 0 Å². The molecule has 0 unspecified atom stereocenters. The number of primary amides is 1. The van der Waals surface area contributed by atoms with Crippen molar-refractivity contribution in [1.82, 2.24) is 4.90 Å². The number of carbonyl (C=O) groups excluding carboxylic acids is 2. The van der Waals surface area contributed by atoms with E-state index < -0.39 is 17.6 Å². The van der Waals surface area contributed by atoms with Crippen LogP contribution < -0.4 is 10.5 Å². The van der Waals surface area contributed by atoms with E-state index in [1.165, 1.54) is 29.2 Å². The summed E-state index contributed by atoms with van der Waals surface area (Å²) in [6, 6.07) is 11.3. The Morgan fingerprint density at radius 3 is 2.46 bits per heavy atom. The molecule has 1 saturated carbocycles. The van der Waals surface area contributed by atoms with Gasteiger partial charge in [-0.1, -0.05) is 24.3 Å². The van der Waals surface area contributed by atoms with E-state index in [0.717, 1.165) is 18.9 Å². The Morgan fingerprint density at radius 1 is 1.11 bits per heavy atom. The first kappa shape index (κ1) is 19.7. The molecule has 2 amide bonds. The summed E-state index contributed by atoms with van der Waals surface area (Å²) in [7, 11) is 0. The Balaban J connectivity index is 1.83. The monoisotopic (exact) mass is 392 g/mol. The average Bonchev–Trinajstić information content (AvgIpc) is 3.49. The van der Waals surface area contributed by atoms with Gasteiger partial charge in [0.1, 0.15) is 5.75 Å². The predicted octanol–water partition coefficient (Wildman–Crippen LogP) is 3.37. The minimum Gasteiger partial charge on any atom is -0.484 e. The molecule has 2 N–H and O–H groups in total. The SMILES string of the molecule is NC(=O)COc1cccc(C(=O)N(Cc2ccccc2C(F)(F)F)C2CC2)c1. The second-order valence-electron chi connectivity index (χ2n) is 6.60. The van der Waals surface area contributed by atoms with Crippen molar-refractivity contribution in [2.75, 3.05) is 6.61 Å². The number of nitrogens with two attached hydrogens (primary N) is 1. The van der Waals surface area contributed by atoms with Crippen molar-refractivity contribution in [2.45, 2.75) is 31.6 Å². The van der Waals surface area contributed by atoms with Crippen LogP contribution >= 0.6 is 0 Å². The molecular formula is C20H19F3N2O3. The Morgan fingerprint density at radius 2 is 1.82 bits per heavy atom. The van der Waals surface area contributed by atoms with Crippen LogP contribution in [-0.2, 0) is 17.5 Å². The summed E-state index contributed by atoms with van der Waals surface area (Å²) in [6.45, 7) is -0.464. The van der Waals surface area contributed by atoms with E-state index in [1.54, 1.807) is 18.2 Å². The number of carbonyl (C=O) groups is 2. The summed E-state index contributed by atoms with van der Waals surface area (Å²) in [6.07, 6.45) is -2.99. The summed E-state index contributed by atoms with van der Waals surface area (Å²) >= 11 is 0. The van der Waals surface area contributed by atoms with Gasteiger partial charge in [-0.15, -0.1) is 0 Å². The van der Waals surface area contributed by atoms with Gasteiger partial charge in [-0.2, -0.15) is 13.2 Å². The van der Waals surface area contributed by atoms with Crippen molar-refractivity contribution in [2.24, 2.45) is 5.73 Å². The number of halogens is 3. The van der Waals surface area contributed by atoms with Crippen LogP contribution in [0.4, 0.5) is 13.2 Å². The van der Waals surface area contributed by atoms with Gasteiger partial charge in [0.05, 0.1) is 5.56 Å². The largest absolute Gasteiger partial charge is 0.484 e. The minimum absolute atomic E-state index is 0.0522. The number of alkyl halides is 3. The van der Waals surface area contributed by atoms with Gasteiger partial charge in [0.15, 0.2) is 6.61 Å². The number of rotatable bonds is 7. The summed E-state index contributed by atoms with van der Waals surface area (Å²) in [5.41, 5.74) is 4.62. The average molecular weight is 392 g/mol. The highest BCUT2D eigenvalue weighted by atomic mass is 19.4. The Labute approximate surface area is 159 Å². The van der Waals surface area contributed by atoms with Crippen LogP contribution in [0.3, 0.4) is 0 Å². The normalized spacial score (nSPS) is 13.8. The standard InChI is InChI=1S/C20H19F3N2O3/c21-20(22,23)17-7-2-1-4-14(17)11-25(15-8-9-15)19(27)13-5-3-6-16(10-13)28-12-18(24)26/h1-7,10,15H,8-9,11-12H2,(H2,24,26). The van der Waals surface area contributed by atoms with Crippen LogP contribution in [0.15, 0.2) is 48.5 Å². The molecule has 2 aromatic rings. The van der Waals surface area contributed by atoms with Crippen molar-refractivity contribution >= 4 is 11.8 Å². The number of benzene rings is 2. The molecule has 28 heavy (non-hydrogen) atoms. The molecule has 5 nitrogen and oxygen atoms in total. The predicted molar refractivity (Wildman–Crippen MR) is 95.5 cm³/mol. The van der Waals surface area contributed by atoms with Crippen LogP contribution in [0.1, 0.15) is 34.3 Å². The van der Waals surface area contributed by atoms with E-state index in [-0.39, 0.29) is 42.0 Å². The molecule has 0 heterocycles. The number of amides is 2. The number of nitrogens with zero attached hydrogens (tertiary/aromatic N) is 1. The minimum atomic E-state index is -4.49. The van der Waals surface area contributed by atoms with Crippen molar-refractivity contribution in [3.8, 4) is 5.75 Å². The summed E-state index contributed by atoms with van der Waals surface area (Å²) in [4.78, 5) is 25.3. The highest BCUT2D eigenvalue weighted by Gasteiger charge is 2.37. The molecule has 148 valence electrons. The molecule has 3 rings (SSSR count). The van der Waals surface area contributed by atoms with Crippen LogP contribution in [-0.4, -0.2) is 29.4 Å². The third kappa shape index (κ3) is 4.82. The topological polar surface area (TPSA) is 72.6 Å². The molecule has 0 aliphatic heterocycles. The van der Waals surface area contributed by atoms with Gasteiger partial charge in [-0.25, -0.2) is 0 Å². The molecule has 0 atom stereocenters. The van der Waals surface area contributed by atoms with Gasteiger partial charge in [-0.3, -0.25) is 9.59 Å². The van der Waals surface area contributed by atoms with Gasteiger partial charge in [0, 0.05) is 18.2 Å². The molecule has 0 aromatic heterocycles. The third-order valence-electron chi connectivity index (χ3n) is 4.37. The molecule has 8 heteroatoms. The van der Waals surface area contributed by atoms with E-state index in [2.05, 4.69) is 0 Å². The molecule has 1 aliphatic rings. The van der Waals surface area contributed by atoms with Gasteiger partial charge < -0.3 is 15.4 Å². The quantitative estimate of drug-likeness (QED) is 0.785. The molecular weight excluding hydrogens is 373 g/mol. The highest BCUT2D eigenvalue weighted by molar-refractivity contribution is 5.95. The third-order valence-corrected chi connectivity index (χ3v) is 4.37. The molecule has 0 saturated heterocycles. The zero-order valence-corrected chi connectivity index (χ0v) is 14.9. The van der Waals surface area contributed by atoms with E-state index in [9.17, 15) is 22.8 Å². The number of ether oxygens (including phenoxy) is 1. The Kier molecular flexibility index (Phi) is 5.58. The number of hydrogen-bond donors (Lipinski definition) is 1. The fourth-order valence-corrected chi connectivity index (χ4v) is 2.91. The Hall–Kier alpha value is -3.03. The smallest absolute Gasteiger partial charge is 0.416 e. The fraction of sp³-hybridized carbons (Fsp3) is 0.300. The first-order valence-electron chi connectivity index (χ1n) is 8.73. The maximum absolute atomic E-state index is 13.3. The molecule has 1 aliphatic carbocycles. The fourth-order valence-electron chi connectivity index (χ4n) is 2.91. The van der Waals surface area contributed by atoms with Gasteiger partial charge in [-0.05, 0) is 42.7 Å². The van der Waals surface area contributed by atoms with Gasteiger partial charge in [0.25, 0.3) is 11.8 Å². The van der Waals surface area contributed by atoms with Crippen LogP contribution in [0.5, 0.6) is 5.75 Å². The van der Waals surface area contributed by atoms with Crippen molar-refractivity contribution < 1.29 is 27.5 Å². The highest BCUT2D eigenvalue weighted by Crippen LogP contribution is 2.35. The van der Waals surface area contributed by atoms with Crippen LogP contribution in [0.2, 0.25) is 0 Å². The second-order valence-corrected chi connectivity index (χ2v) is 6.60. The first-order chi connectivity index (χ1) is 13.3. The van der Waals surface area contributed by atoms with Crippen LogP contribution in [0.25, 0.3) is 0 Å². The van der Waals surface area contributed by atoms with E-state index in [0.29, 0.717) is 0 Å². The lowest BCUT2D eigenvalue weighted by Crippen LogP contribution is -2.33. The lowest BCUT2D eigenvalue weighted by molar-refractivity contribution is -0.138. The van der Waals surface area contributed by atoms with Gasteiger partial charge in [0.2, 0.25) is 0 Å². The summed E-state index contributed by atoms with van der Waals surface area (Å²) in [5, 5.41) is 0.